The normalized spacial score (nSPS) is 14.4. The molecule has 1 fully saturated rings. The van der Waals surface area contributed by atoms with Crippen molar-refractivity contribution in [2.45, 2.75) is 37.4 Å². The van der Waals surface area contributed by atoms with E-state index in [2.05, 4.69) is 14.7 Å². The van der Waals surface area contributed by atoms with Crippen LogP contribution in [0.25, 0.3) is 11.1 Å². The Morgan fingerprint density at radius 3 is 2.72 bits per heavy atom. The summed E-state index contributed by atoms with van der Waals surface area (Å²) in [5.41, 5.74) is 3.86. The van der Waals surface area contributed by atoms with E-state index in [9.17, 15) is 4.79 Å². The number of aromatic nitrogens is 2. The van der Waals surface area contributed by atoms with Crippen LogP contribution in [0.3, 0.4) is 0 Å². The first-order chi connectivity index (χ1) is 14.2. The highest BCUT2D eigenvalue weighted by Crippen LogP contribution is 2.36. The maximum atomic E-state index is 13.2. The lowest BCUT2D eigenvalue weighted by molar-refractivity contribution is -0.119. The van der Waals surface area contributed by atoms with Crippen molar-refractivity contribution in [2.24, 2.45) is 0 Å². The lowest BCUT2D eigenvalue weighted by Gasteiger charge is -2.22. The van der Waals surface area contributed by atoms with Crippen molar-refractivity contribution in [3.05, 3.63) is 59.9 Å². The molecule has 1 aromatic carbocycles. The summed E-state index contributed by atoms with van der Waals surface area (Å²) in [4.78, 5) is 23.7. The second-order valence-corrected chi connectivity index (χ2v) is 9.11. The van der Waals surface area contributed by atoms with Gasteiger partial charge in [-0.2, -0.15) is 0 Å². The first kappa shape index (κ1) is 19.9. The summed E-state index contributed by atoms with van der Waals surface area (Å²) in [7, 11) is 1.83. The fourth-order valence-corrected chi connectivity index (χ4v) is 4.72. The van der Waals surface area contributed by atoms with Gasteiger partial charge in [-0.15, -0.1) is 11.3 Å². The van der Waals surface area contributed by atoms with Gasteiger partial charge in [0.1, 0.15) is 0 Å². The Labute approximate surface area is 179 Å². The van der Waals surface area contributed by atoms with E-state index in [1.807, 2.05) is 61.9 Å². The molecular weight excluding hydrogens is 400 g/mol. The Balaban J connectivity index is 1.45. The molecule has 0 spiro atoms. The third kappa shape index (κ3) is 4.79. The number of nitrogens with one attached hydrogen (secondary N) is 1. The molecule has 5 nitrogen and oxygen atoms in total. The molecule has 7 heteroatoms. The molecule has 1 saturated carbocycles. The Bertz CT molecular complexity index is 954. The van der Waals surface area contributed by atoms with E-state index in [0.717, 1.165) is 34.1 Å². The van der Waals surface area contributed by atoms with Crippen molar-refractivity contribution in [1.82, 2.24) is 9.97 Å². The maximum absolute atomic E-state index is 13.2. The Morgan fingerprint density at radius 1 is 1.28 bits per heavy atom. The summed E-state index contributed by atoms with van der Waals surface area (Å²) in [6, 6.07) is 12.0. The van der Waals surface area contributed by atoms with Crippen LogP contribution < -0.4 is 9.62 Å². The molecule has 0 bridgehead atoms. The van der Waals surface area contributed by atoms with E-state index in [-0.39, 0.29) is 11.8 Å². The molecule has 1 atom stereocenters. The number of hydrogen-bond acceptors (Lipinski definition) is 6. The summed E-state index contributed by atoms with van der Waals surface area (Å²) >= 11 is 3.31. The van der Waals surface area contributed by atoms with Crippen LogP contribution in [0.1, 0.15) is 37.8 Å². The van der Waals surface area contributed by atoms with Crippen molar-refractivity contribution in [3.63, 3.8) is 0 Å². The third-order valence-corrected chi connectivity index (χ3v) is 7.02. The number of hydrogen-bond donors (Lipinski definition) is 1. The van der Waals surface area contributed by atoms with E-state index in [1.165, 1.54) is 12.8 Å². The summed E-state index contributed by atoms with van der Waals surface area (Å²) in [6.07, 6.45) is 6.87. The quantitative estimate of drug-likeness (QED) is 0.478. The minimum absolute atomic E-state index is 0.0633. The van der Waals surface area contributed by atoms with Gasteiger partial charge in [0, 0.05) is 35.8 Å². The Morgan fingerprint density at radius 2 is 2.07 bits per heavy atom. The van der Waals surface area contributed by atoms with Crippen LogP contribution in [0.4, 0.5) is 10.8 Å². The minimum atomic E-state index is -0.240. The SMILES string of the molecule is CCC(C(=O)N(C)c1ccc(-c2cccnc2)cc1)c1csc(NSC2CC2)n1. The number of amides is 1. The lowest BCUT2D eigenvalue weighted by Crippen LogP contribution is -2.31. The fourth-order valence-electron chi connectivity index (χ4n) is 3.09. The zero-order valence-electron chi connectivity index (χ0n) is 16.5. The number of anilines is 2. The van der Waals surface area contributed by atoms with Gasteiger partial charge in [0.05, 0.1) is 11.6 Å². The van der Waals surface area contributed by atoms with E-state index < -0.39 is 0 Å². The molecule has 1 aliphatic rings. The molecule has 0 saturated heterocycles. The summed E-state index contributed by atoms with van der Waals surface area (Å²) < 4.78 is 3.32. The highest BCUT2D eigenvalue weighted by molar-refractivity contribution is 8.01. The highest BCUT2D eigenvalue weighted by Gasteiger charge is 2.26. The number of pyridine rings is 1. The second kappa shape index (κ2) is 8.97. The van der Waals surface area contributed by atoms with Gasteiger partial charge in [-0.1, -0.05) is 25.1 Å². The smallest absolute Gasteiger partial charge is 0.235 e. The molecule has 150 valence electrons. The van der Waals surface area contributed by atoms with Crippen molar-refractivity contribution < 1.29 is 4.79 Å². The van der Waals surface area contributed by atoms with Gasteiger partial charge in [0.15, 0.2) is 5.13 Å². The molecule has 0 radical (unpaired) electrons. The standard InChI is InChI=1S/C22H24N4OS2/c1-3-19(20-14-28-22(24-20)25-29-18-10-11-18)21(27)26(2)17-8-6-15(7-9-17)16-5-4-12-23-13-16/h4-9,12-14,18-19H,3,10-11H2,1-2H3,(H,24,25). The molecule has 29 heavy (non-hydrogen) atoms. The summed E-state index contributed by atoms with van der Waals surface area (Å²) in [6.45, 7) is 2.04. The largest absolute Gasteiger partial charge is 0.315 e. The number of nitrogens with zero attached hydrogens (tertiary/aromatic N) is 3. The zero-order valence-corrected chi connectivity index (χ0v) is 18.2. The molecule has 4 rings (SSSR count). The third-order valence-electron chi connectivity index (χ3n) is 5.00. The number of carbonyl (C=O) groups excluding carboxylic acids is 1. The van der Waals surface area contributed by atoms with E-state index in [1.54, 1.807) is 34.4 Å². The Hall–Kier alpha value is -2.38. The van der Waals surface area contributed by atoms with Crippen molar-refractivity contribution >= 4 is 40.0 Å². The predicted octanol–water partition coefficient (Wildman–Crippen LogP) is 5.58. The molecule has 2 heterocycles. The van der Waals surface area contributed by atoms with E-state index in [0.29, 0.717) is 5.25 Å². The molecule has 1 amide bonds. The molecular formula is C22H24N4OS2. The van der Waals surface area contributed by atoms with E-state index in [4.69, 9.17) is 0 Å². The van der Waals surface area contributed by atoms with Crippen LogP contribution in [0.5, 0.6) is 0 Å². The monoisotopic (exact) mass is 424 g/mol. The van der Waals surface area contributed by atoms with Gasteiger partial charge in [0.25, 0.3) is 0 Å². The average Bonchev–Trinajstić information content (AvgIpc) is 3.49. The van der Waals surface area contributed by atoms with Gasteiger partial charge in [-0.25, -0.2) is 4.98 Å². The van der Waals surface area contributed by atoms with E-state index >= 15 is 0 Å². The zero-order chi connectivity index (χ0) is 20.2. The van der Waals surface area contributed by atoms with Crippen LogP contribution >= 0.6 is 23.3 Å². The number of carbonyl (C=O) groups is 1. The first-order valence-corrected chi connectivity index (χ1v) is 11.6. The van der Waals surface area contributed by atoms with Gasteiger partial charge >= 0.3 is 0 Å². The van der Waals surface area contributed by atoms with Crippen LogP contribution in [0.15, 0.2) is 54.2 Å². The number of rotatable bonds is 8. The molecule has 2 aromatic heterocycles. The predicted molar refractivity (Wildman–Crippen MR) is 122 cm³/mol. The lowest BCUT2D eigenvalue weighted by atomic mass is 10.0. The van der Waals surface area contributed by atoms with Crippen molar-refractivity contribution in [3.8, 4) is 11.1 Å². The molecule has 3 aromatic rings. The first-order valence-electron chi connectivity index (χ1n) is 9.81. The highest BCUT2D eigenvalue weighted by atomic mass is 32.2. The Kier molecular flexibility index (Phi) is 6.16. The van der Waals surface area contributed by atoms with Crippen LogP contribution in [0, 0.1) is 0 Å². The van der Waals surface area contributed by atoms with Gasteiger partial charge in [-0.3, -0.25) is 9.78 Å². The number of benzene rings is 1. The van der Waals surface area contributed by atoms with Crippen molar-refractivity contribution in [2.75, 3.05) is 16.7 Å². The maximum Gasteiger partial charge on any atom is 0.235 e. The fraction of sp³-hybridized carbons (Fsp3) is 0.318. The minimum Gasteiger partial charge on any atom is -0.315 e. The number of likely N-dealkylation sites (N-methyl/N-ethyl adjacent to an activating group) is 1. The van der Waals surface area contributed by atoms with Crippen LogP contribution in [-0.4, -0.2) is 28.2 Å². The van der Waals surface area contributed by atoms with Gasteiger partial charge in [-0.05, 0) is 60.5 Å². The van der Waals surface area contributed by atoms with Gasteiger partial charge < -0.3 is 9.62 Å². The number of thiazole rings is 1. The molecule has 0 aliphatic heterocycles. The molecule has 1 aliphatic carbocycles. The van der Waals surface area contributed by atoms with Crippen LogP contribution in [-0.2, 0) is 4.79 Å². The molecule has 1 unspecified atom stereocenters. The van der Waals surface area contributed by atoms with Crippen LogP contribution in [0.2, 0.25) is 0 Å². The topological polar surface area (TPSA) is 58.1 Å². The molecule has 1 N–H and O–H groups in total. The summed E-state index contributed by atoms with van der Waals surface area (Å²) in [5, 5.41) is 3.60. The van der Waals surface area contributed by atoms with Crippen molar-refractivity contribution in [1.29, 1.82) is 0 Å². The second-order valence-electron chi connectivity index (χ2n) is 7.14. The average molecular weight is 425 g/mol. The summed E-state index contributed by atoms with van der Waals surface area (Å²) in [5.74, 6) is -0.177. The van der Waals surface area contributed by atoms with Gasteiger partial charge in [0.2, 0.25) is 5.91 Å².